The van der Waals surface area contributed by atoms with Crippen LogP contribution in [0.5, 0.6) is 0 Å². The van der Waals surface area contributed by atoms with Gasteiger partial charge in [-0.1, -0.05) is 12.2 Å². The highest BCUT2D eigenvalue weighted by Crippen LogP contribution is 1.98. The quantitative estimate of drug-likeness (QED) is 0.548. The van der Waals surface area contributed by atoms with Crippen molar-refractivity contribution in [3.63, 3.8) is 0 Å². The van der Waals surface area contributed by atoms with E-state index >= 15 is 0 Å². The molecule has 0 aromatic heterocycles. The fraction of sp³-hybridized carbons (Fsp3) is 0.818. The molecule has 1 heterocycles. The highest BCUT2D eigenvalue weighted by molar-refractivity contribution is 6.18. The van der Waals surface area contributed by atoms with Crippen LogP contribution in [0.15, 0.2) is 12.2 Å². The molecule has 1 rings (SSSR count). The lowest BCUT2D eigenvalue weighted by Gasteiger charge is -2.29. The number of alkyl halides is 1. The molecule has 15 heavy (non-hydrogen) atoms. The largest absolute Gasteiger partial charge is 0.379 e. The molecule has 0 aliphatic carbocycles. The molecule has 4 heteroatoms. The van der Waals surface area contributed by atoms with Gasteiger partial charge in [-0.2, -0.15) is 0 Å². The second-order valence-electron chi connectivity index (χ2n) is 3.85. The lowest BCUT2D eigenvalue weighted by atomic mass is 10.3. The highest BCUT2D eigenvalue weighted by atomic mass is 35.5. The summed E-state index contributed by atoms with van der Waals surface area (Å²) in [7, 11) is 0. The average molecular weight is 233 g/mol. The van der Waals surface area contributed by atoms with Crippen molar-refractivity contribution in [2.75, 3.05) is 45.3 Å². The highest BCUT2D eigenvalue weighted by Gasteiger charge is 2.12. The molecular formula is C11H21ClN2O. The molecule has 3 nitrogen and oxygen atoms in total. The first kappa shape index (κ1) is 13.0. The van der Waals surface area contributed by atoms with Gasteiger partial charge in [-0.3, -0.25) is 4.90 Å². The van der Waals surface area contributed by atoms with Crippen molar-refractivity contribution in [1.82, 2.24) is 10.2 Å². The van der Waals surface area contributed by atoms with E-state index in [4.69, 9.17) is 16.3 Å². The number of nitrogens with one attached hydrogen (secondary N) is 1. The Morgan fingerprint density at radius 3 is 2.80 bits per heavy atom. The topological polar surface area (TPSA) is 24.5 Å². The van der Waals surface area contributed by atoms with Crippen LogP contribution in [0.3, 0.4) is 0 Å². The van der Waals surface area contributed by atoms with Gasteiger partial charge in [0.25, 0.3) is 0 Å². The first-order valence-electron chi connectivity index (χ1n) is 5.57. The molecule has 1 fully saturated rings. The third-order valence-corrected chi connectivity index (χ3v) is 2.65. The maximum absolute atomic E-state index is 5.54. The molecule has 0 amide bonds. The zero-order chi connectivity index (χ0) is 10.9. The standard InChI is InChI=1S/C11H21ClN2O/c1-11(13-5-3-2-4-12)10-14-6-8-15-9-7-14/h2-3,11,13H,4-10H2,1H3/b3-2+. The van der Waals surface area contributed by atoms with E-state index in [1.807, 2.05) is 6.08 Å². The minimum atomic E-state index is 0.517. The summed E-state index contributed by atoms with van der Waals surface area (Å²) in [6.45, 7) is 8.07. The van der Waals surface area contributed by atoms with Gasteiger partial charge in [-0.15, -0.1) is 11.6 Å². The van der Waals surface area contributed by atoms with E-state index in [2.05, 4.69) is 23.2 Å². The maximum Gasteiger partial charge on any atom is 0.0594 e. The molecule has 1 N–H and O–H groups in total. The monoisotopic (exact) mass is 232 g/mol. The smallest absolute Gasteiger partial charge is 0.0594 e. The van der Waals surface area contributed by atoms with Gasteiger partial charge in [-0.25, -0.2) is 0 Å². The van der Waals surface area contributed by atoms with E-state index in [0.29, 0.717) is 11.9 Å². The third-order valence-electron chi connectivity index (χ3n) is 2.48. The Kier molecular flexibility index (Phi) is 7.01. The average Bonchev–Trinajstić information content (AvgIpc) is 2.26. The van der Waals surface area contributed by atoms with E-state index in [9.17, 15) is 0 Å². The van der Waals surface area contributed by atoms with Crippen LogP contribution in [0.25, 0.3) is 0 Å². The number of ether oxygens (including phenoxy) is 1. The van der Waals surface area contributed by atoms with Gasteiger partial charge in [-0.05, 0) is 6.92 Å². The van der Waals surface area contributed by atoms with E-state index in [1.165, 1.54) is 0 Å². The molecule has 0 aromatic carbocycles. The minimum absolute atomic E-state index is 0.517. The van der Waals surface area contributed by atoms with Crippen LogP contribution in [0.4, 0.5) is 0 Å². The summed E-state index contributed by atoms with van der Waals surface area (Å²) in [5.41, 5.74) is 0. The Hall–Kier alpha value is -0.0900. The molecule has 0 aromatic rings. The van der Waals surface area contributed by atoms with Gasteiger partial charge in [0.2, 0.25) is 0 Å². The van der Waals surface area contributed by atoms with Crippen LogP contribution in [-0.4, -0.2) is 56.2 Å². The molecule has 1 aliphatic heterocycles. The fourth-order valence-electron chi connectivity index (χ4n) is 1.65. The Morgan fingerprint density at radius 1 is 1.40 bits per heavy atom. The molecular weight excluding hydrogens is 212 g/mol. The van der Waals surface area contributed by atoms with Crippen LogP contribution in [0.1, 0.15) is 6.92 Å². The number of halogens is 1. The first-order valence-corrected chi connectivity index (χ1v) is 6.11. The molecule has 0 radical (unpaired) electrons. The molecule has 0 spiro atoms. The van der Waals surface area contributed by atoms with Crippen LogP contribution < -0.4 is 5.32 Å². The van der Waals surface area contributed by atoms with E-state index in [-0.39, 0.29) is 0 Å². The van der Waals surface area contributed by atoms with Crippen LogP contribution in [0.2, 0.25) is 0 Å². The zero-order valence-corrected chi connectivity index (χ0v) is 10.2. The van der Waals surface area contributed by atoms with Crippen molar-refractivity contribution >= 4 is 11.6 Å². The van der Waals surface area contributed by atoms with Crippen molar-refractivity contribution in [3.8, 4) is 0 Å². The molecule has 0 bridgehead atoms. The zero-order valence-electron chi connectivity index (χ0n) is 9.42. The fourth-order valence-corrected chi connectivity index (χ4v) is 1.78. The summed E-state index contributed by atoms with van der Waals surface area (Å²) in [6.07, 6.45) is 4.04. The normalized spacial score (nSPS) is 20.9. The van der Waals surface area contributed by atoms with Crippen LogP contribution in [0, 0.1) is 0 Å². The lowest BCUT2D eigenvalue weighted by molar-refractivity contribution is 0.0346. The summed E-state index contributed by atoms with van der Waals surface area (Å²) in [5.74, 6) is 0.597. The maximum atomic E-state index is 5.54. The SMILES string of the molecule is CC(CN1CCOCC1)NC/C=C/CCl. The van der Waals surface area contributed by atoms with E-state index < -0.39 is 0 Å². The van der Waals surface area contributed by atoms with Gasteiger partial charge >= 0.3 is 0 Å². The lowest BCUT2D eigenvalue weighted by Crippen LogP contribution is -2.44. The van der Waals surface area contributed by atoms with Crippen molar-refractivity contribution < 1.29 is 4.74 Å². The molecule has 1 unspecified atom stereocenters. The van der Waals surface area contributed by atoms with Gasteiger partial charge in [0.1, 0.15) is 0 Å². The van der Waals surface area contributed by atoms with Crippen molar-refractivity contribution in [1.29, 1.82) is 0 Å². The molecule has 1 atom stereocenters. The number of morpholine rings is 1. The Labute approximate surface area is 97.4 Å². The summed E-state index contributed by atoms with van der Waals surface area (Å²) < 4.78 is 5.31. The van der Waals surface area contributed by atoms with Crippen molar-refractivity contribution in [3.05, 3.63) is 12.2 Å². The van der Waals surface area contributed by atoms with E-state index in [0.717, 1.165) is 39.4 Å². The van der Waals surface area contributed by atoms with Gasteiger partial charge in [0.05, 0.1) is 13.2 Å². The Bertz CT molecular complexity index is 181. The minimum Gasteiger partial charge on any atom is -0.379 e. The second-order valence-corrected chi connectivity index (χ2v) is 4.16. The molecule has 88 valence electrons. The third kappa shape index (κ3) is 6.15. The second kappa shape index (κ2) is 8.11. The molecule has 0 saturated carbocycles. The van der Waals surface area contributed by atoms with Crippen LogP contribution in [-0.2, 0) is 4.74 Å². The van der Waals surface area contributed by atoms with Crippen LogP contribution >= 0.6 is 11.6 Å². The number of allylic oxidation sites excluding steroid dienone is 1. The predicted octanol–water partition coefficient (Wildman–Crippen LogP) is 1.09. The number of rotatable bonds is 6. The summed E-state index contributed by atoms with van der Waals surface area (Å²) in [6, 6.07) is 0.517. The Balaban J connectivity index is 2.06. The molecule has 1 aliphatic rings. The van der Waals surface area contributed by atoms with Gasteiger partial charge in [0.15, 0.2) is 0 Å². The molecule has 1 saturated heterocycles. The first-order chi connectivity index (χ1) is 7.33. The van der Waals surface area contributed by atoms with Gasteiger partial charge < -0.3 is 10.1 Å². The Morgan fingerprint density at radius 2 is 2.13 bits per heavy atom. The predicted molar refractivity (Wildman–Crippen MR) is 64.6 cm³/mol. The van der Waals surface area contributed by atoms with E-state index in [1.54, 1.807) is 0 Å². The number of hydrogen-bond donors (Lipinski definition) is 1. The van der Waals surface area contributed by atoms with Crippen molar-refractivity contribution in [2.24, 2.45) is 0 Å². The number of nitrogens with zero attached hydrogens (tertiary/aromatic N) is 1. The van der Waals surface area contributed by atoms with Gasteiger partial charge in [0, 0.05) is 38.1 Å². The van der Waals surface area contributed by atoms with Crippen molar-refractivity contribution in [2.45, 2.75) is 13.0 Å². The summed E-state index contributed by atoms with van der Waals surface area (Å²) >= 11 is 5.54. The summed E-state index contributed by atoms with van der Waals surface area (Å²) in [4.78, 5) is 2.44. The number of hydrogen-bond acceptors (Lipinski definition) is 3. The summed E-state index contributed by atoms with van der Waals surface area (Å²) in [5, 5.41) is 3.44.